The molecular weight excluding hydrogens is 332 g/mol. The molecule has 1 unspecified atom stereocenters. The summed E-state index contributed by atoms with van der Waals surface area (Å²) in [6.45, 7) is 2.83. The van der Waals surface area contributed by atoms with Gasteiger partial charge in [0, 0.05) is 19.2 Å². The molecule has 0 spiro atoms. The molecule has 1 N–H and O–H groups in total. The predicted octanol–water partition coefficient (Wildman–Crippen LogP) is 1.38. The first-order valence-corrected chi connectivity index (χ1v) is 9.41. The molecule has 1 aromatic carbocycles. The van der Waals surface area contributed by atoms with Crippen LogP contribution in [-0.2, 0) is 14.8 Å². The van der Waals surface area contributed by atoms with E-state index < -0.39 is 16.1 Å². The van der Waals surface area contributed by atoms with Gasteiger partial charge >= 0.3 is 0 Å². The second-order valence-electron chi connectivity index (χ2n) is 5.58. The van der Waals surface area contributed by atoms with Gasteiger partial charge in [-0.25, -0.2) is 8.42 Å². The Morgan fingerprint density at radius 1 is 1.29 bits per heavy atom. The Balaban J connectivity index is 2.30. The first-order chi connectivity index (χ1) is 11.5. The van der Waals surface area contributed by atoms with Crippen LogP contribution in [-0.4, -0.2) is 52.0 Å². The maximum atomic E-state index is 12.9. The maximum Gasteiger partial charge on any atom is 0.243 e. The molecule has 0 radical (unpaired) electrons. The monoisotopic (exact) mass is 356 g/mol. The second-order valence-corrected chi connectivity index (χ2v) is 7.47. The molecular formula is C16H24N2O5S. The number of hydrogen-bond donors (Lipinski definition) is 1. The summed E-state index contributed by atoms with van der Waals surface area (Å²) in [7, 11) is -0.842. The Hall–Kier alpha value is -1.80. The van der Waals surface area contributed by atoms with E-state index in [4.69, 9.17) is 9.47 Å². The Morgan fingerprint density at radius 3 is 2.62 bits per heavy atom. The summed E-state index contributed by atoms with van der Waals surface area (Å²) in [5.74, 6) is 0.554. The third kappa shape index (κ3) is 3.64. The number of benzene rings is 1. The summed E-state index contributed by atoms with van der Waals surface area (Å²) < 4.78 is 37.5. The smallest absolute Gasteiger partial charge is 0.243 e. The van der Waals surface area contributed by atoms with Crippen LogP contribution >= 0.6 is 0 Å². The molecule has 1 heterocycles. The lowest BCUT2D eigenvalue weighted by Crippen LogP contribution is -2.46. The topological polar surface area (TPSA) is 84.9 Å². The van der Waals surface area contributed by atoms with Crippen molar-refractivity contribution in [2.75, 3.05) is 27.3 Å². The zero-order chi connectivity index (χ0) is 17.7. The first kappa shape index (κ1) is 18.5. The predicted molar refractivity (Wildman–Crippen MR) is 89.8 cm³/mol. The van der Waals surface area contributed by atoms with Gasteiger partial charge in [0.25, 0.3) is 0 Å². The van der Waals surface area contributed by atoms with Gasteiger partial charge in [0.2, 0.25) is 15.9 Å². The van der Waals surface area contributed by atoms with Crippen molar-refractivity contribution in [2.45, 2.75) is 37.1 Å². The molecule has 0 aromatic heterocycles. The van der Waals surface area contributed by atoms with Crippen molar-refractivity contribution < 1.29 is 22.7 Å². The van der Waals surface area contributed by atoms with Crippen molar-refractivity contribution in [3.8, 4) is 11.5 Å². The molecule has 1 aromatic rings. The molecule has 8 heteroatoms. The standard InChI is InChI=1S/C16H24N2O5S/c1-4-9-17-16(19)13-6-5-10-18(13)24(20,21)12-7-8-14(22-2)15(11-12)23-3/h7-8,11,13H,4-6,9-10H2,1-3H3,(H,17,19). The molecule has 1 atom stereocenters. The van der Waals surface area contributed by atoms with Crippen LogP contribution in [0.5, 0.6) is 11.5 Å². The number of rotatable bonds is 7. The highest BCUT2D eigenvalue weighted by atomic mass is 32.2. The largest absolute Gasteiger partial charge is 0.493 e. The van der Waals surface area contributed by atoms with E-state index in [1.807, 2.05) is 6.92 Å². The van der Waals surface area contributed by atoms with E-state index in [1.165, 1.54) is 30.7 Å². The van der Waals surface area contributed by atoms with Crippen LogP contribution in [0, 0.1) is 0 Å². The number of amides is 1. The molecule has 1 aliphatic heterocycles. The molecule has 0 aliphatic carbocycles. The number of carbonyl (C=O) groups is 1. The summed E-state index contributed by atoms with van der Waals surface area (Å²) in [5, 5.41) is 2.78. The Bertz CT molecular complexity index is 690. The van der Waals surface area contributed by atoms with Crippen LogP contribution < -0.4 is 14.8 Å². The lowest BCUT2D eigenvalue weighted by Gasteiger charge is -2.23. The Kier molecular flexibility index (Phi) is 6.06. The highest BCUT2D eigenvalue weighted by Crippen LogP contribution is 2.33. The highest BCUT2D eigenvalue weighted by molar-refractivity contribution is 7.89. The summed E-state index contributed by atoms with van der Waals surface area (Å²) in [6, 6.07) is 3.78. The number of ether oxygens (including phenoxy) is 2. The average Bonchev–Trinajstić information content (AvgIpc) is 3.09. The number of sulfonamides is 1. The van der Waals surface area contributed by atoms with Crippen LogP contribution in [0.1, 0.15) is 26.2 Å². The molecule has 1 amide bonds. The SMILES string of the molecule is CCCNC(=O)C1CCCN1S(=O)(=O)c1ccc(OC)c(OC)c1. The van der Waals surface area contributed by atoms with E-state index in [2.05, 4.69) is 5.32 Å². The molecule has 24 heavy (non-hydrogen) atoms. The molecule has 2 rings (SSSR count). The third-order valence-electron chi connectivity index (χ3n) is 4.02. The summed E-state index contributed by atoms with van der Waals surface area (Å²) in [5.41, 5.74) is 0. The van der Waals surface area contributed by atoms with Crippen LogP contribution in [0.25, 0.3) is 0 Å². The van der Waals surface area contributed by atoms with E-state index in [-0.39, 0.29) is 10.8 Å². The quantitative estimate of drug-likeness (QED) is 0.798. The van der Waals surface area contributed by atoms with Gasteiger partial charge in [-0.1, -0.05) is 6.92 Å². The number of nitrogens with zero attached hydrogens (tertiary/aromatic N) is 1. The van der Waals surface area contributed by atoms with Crippen LogP contribution in [0.2, 0.25) is 0 Å². The van der Waals surface area contributed by atoms with E-state index in [0.717, 1.165) is 6.42 Å². The minimum absolute atomic E-state index is 0.0929. The molecule has 0 saturated carbocycles. The van der Waals surface area contributed by atoms with Gasteiger partial charge in [0.1, 0.15) is 6.04 Å². The van der Waals surface area contributed by atoms with E-state index >= 15 is 0 Å². The van der Waals surface area contributed by atoms with Gasteiger partial charge in [-0.2, -0.15) is 4.31 Å². The number of nitrogens with one attached hydrogen (secondary N) is 1. The van der Waals surface area contributed by atoms with Crippen molar-refractivity contribution in [3.63, 3.8) is 0 Å². The lowest BCUT2D eigenvalue weighted by molar-refractivity contribution is -0.124. The summed E-state index contributed by atoms with van der Waals surface area (Å²) >= 11 is 0. The van der Waals surface area contributed by atoms with Gasteiger partial charge in [-0.3, -0.25) is 4.79 Å². The van der Waals surface area contributed by atoms with Crippen molar-refractivity contribution in [2.24, 2.45) is 0 Å². The fourth-order valence-corrected chi connectivity index (χ4v) is 4.44. The summed E-state index contributed by atoms with van der Waals surface area (Å²) in [6.07, 6.45) is 2.00. The van der Waals surface area contributed by atoms with Gasteiger partial charge in [-0.05, 0) is 31.4 Å². The molecule has 1 aliphatic rings. The van der Waals surface area contributed by atoms with E-state index in [1.54, 1.807) is 6.07 Å². The Labute approximate surface area is 143 Å². The molecule has 134 valence electrons. The minimum atomic E-state index is -3.78. The molecule has 1 saturated heterocycles. The number of methoxy groups -OCH3 is 2. The van der Waals surface area contributed by atoms with Crippen molar-refractivity contribution in [1.29, 1.82) is 0 Å². The average molecular weight is 356 g/mol. The second kappa shape index (κ2) is 7.85. The Morgan fingerprint density at radius 2 is 2.00 bits per heavy atom. The maximum absolute atomic E-state index is 12.9. The zero-order valence-electron chi connectivity index (χ0n) is 14.2. The summed E-state index contributed by atoms with van der Waals surface area (Å²) in [4.78, 5) is 12.3. The van der Waals surface area contributed by atoms with Gasteiger partial charge < -0.3 is 14.8 Å². The zero-order valence-corrected chi connectivity index (χ0v) is 15.1. The van der Waals surface area contributed by atoms with E-state index in [0.29, 0.717) is 37.4 Å². The first-order valence-electron chi connectivity index (χ1n) is 7.97. The number of carbonyl (C=O) groups excluding carboxylic acids is 1. The molecule has 0 bridgehead atoms. The van der Waals surface area contributed by atoms with Crippen molar-refractivity contribution in [3.05, 3.63) is 18.2 Å². The van der Waals surface area contributed by atoms with Gasteiger partial charge in [0.15, 0.2) is 11.5 Å². The van der Waals surface area contributed by atoms with E-state index in [9.17, 15) is 13.2 Å². The molecule has 7 nitrogen and oxygen atoms in total. The third-order valence-corrected chi connectivity index (χ3v) is 5.92. The highest BCUT2D eigenvalue weighted by Gasteiger charge is 2.39. The lowest BCUT2D eigenvalue weighted by atomic mass is 10.2. The minimum Gasteiger partial charge on any atom is -0.493 e. The number of hydrogen-bond acceptors (Lipinski definition) is 5. The van der Waals surface area contributed by atoms with Crippen LogP contribution in [0.3, 0.4) is 0 Å². The van der Waals surface area contributed by atoms with Crippen molar-refractivity contribution in [1.82, 2.24) is 9.62 Å². The van der Waals surface area contributed by atoms with Gasteiger partial charge in [-0.15, -0.1) is 0 Å². The fraction of sp³-hybridized carbons (Fsp3) is 0.562. The molecule has 1 fully saturated rings. The van der Waals surface area contributed by atoms with Gasteiger partial charge in [0.05, 0.1) is 19.1 Å². The fourth-order valence-electron chi connectivity index (χ4n) is 2.77. The van der Waals surface area contributed by atoms with Crippen molar-refractivity contribution >= 4 is 15.9 Å². The van der Waals surface area contributed by atoms with Crippen LogP contribution in [0.15, 0.2) is 23.1 Å². The normalized spacial score (nSPS) is 18.4. The van der Waals surface area contributed by atoms with Crippen LogP contribution in [0.4, 0.5) is 0 Å².